The lowest BCUT2D eigenvalue weighted by molar-refractivity contribution is -0.146. The molecule has 122 valence electrons. The van der Waals surface area contributed by atoms with Gasteiger partial charge in [0, 0.05) is 16.3 Å². The van der Waals surface area contributed by atoms with E-state index in [0.29, 0.717) is 11.3 Å². The molecule has 2 aromatic carbocycles. The molecule has 0 heterocycles. The molecule has 0 fully saturated rings. The Morgan fingerprint density at radius 1 is 1.25 bits per heavy atom. The van der Waals surface area contributed by atoms with E-state index in [-0.39, 0.29) is 17.0 Å². The third kappa shape index (κ3) is 4.80. The quantitative estimate of drug-likeness (QED) is 0.844. The van der Waals surface area contributed by atoms with Crippen LogP contribution in [0.15, 0.2) is 42.5 Å². The van der Waals surface area contributed by atoms with Crippen molar-refractivity contribution in [2.45, 2.75) is 6.42 Å². The topological polar surface area (TPSA) is 79.2 Å². The van der Waals surface area contributed by atoms with Gasteiger partial charge in [-0.3, -0.25) is 9.59 Å². The van der Waals surface area contributed by atoms with Gasteiger partial charge in [-0.2, -0.15) is 5.26 Å². The molecule has 7 heteroatoms. The Morgan fingerprint density at radius 3 is 2.71 bits per heavy atom. The molecule has 0 aliphatic heterocycles. The van der Waals surface area contributed by atoms with Gasteiger partial charge in [0.2, 0.25) is 0 Å². The van der Waals surface area contributed by atoms with Crippen LogP contribution in [-0.2, 0) is 20.7 Å². The molecule has 0 aliphatic carbocycles. The van der Waals surface area contributed by atoms with E-state index < -0.39 is 24.3 Å². The summed E-state index contributed by atoms with van der Waals surface area (Å²) in [4.78, 5) is 23.4. The first-order valence-electron chi connectivity index (χ1n) is 6.88. The maximum atomic E-state index is 13.6. The average molecular weight is 347 g/mol. The van der Waals surface area contributed by atoms with Crippen LogP contribution in [0.2, 0.25) is 5.02 Å². The van der Waals surface area contributed by atoms with Crippen molar-refractivity contribution in [3.63, 3.8) is 0 Å². The number of rotatable bonds is 5. The van der Waals surface area contributed by atoms with Gasteiger partial charge in [-0.25, -0.2) is 4.39 Å². The van der Waals surface area contributed by atoms with Gasteiger partial charge in [0.15, 0.2) is 6.61 Å². The molecule has 0 aromatic heterocycles. The van der Waals surface area contributed by atoms with Crippen LogP contribution in [-0.4, -0.2) is 18.5 Å². The summed E-state index contributed by atoms with van der Waals surface area (Å²) < 4.78 is 18.4. The molecular weight excluding hydrogens is 335 g/mol. The molecule has 2 aromatic rings. The van der Waals surface area contributed by atoms with E-state index in [0.717, 1.165) is 0 Å². The minimum atomic E-state index is -0.775. The Labute approximate surface area is 142 Å². The fraction of sp³-hybridized carbons (Fsp3) is 0.118. The van der Waals surface area contributed by atoms with Crippen molar-refractivity contribution >= 4 is 29.2 Å². The number of carbonyl (C=O) groups is 2. The highest BCUT2D eigenvalue weighted by molar-refractivity contribution is 6.31. The Balaban J connectivity index is 1.87. The van der Waals surface area contributed by atoms with Gasteiger partial charge < -0.3 is 10.1 Å². The van der Waals surface area contributed by atoms with E-state index in [4.69, 9.17) is 21.6 Å². The van der Waals surface area contributed by atoms with Crippen molar-refractivity contribution < 1.29 is 18.7 Å². The number of esters is 1. The van der Waals surface area contributed by atoms with Gasteiger partial charge in [0.25, 0.3) is 5.91 Å². The summed E-state index contributed by atoms with van der Waals surface area (Å²) in [6.07, 6.45) is -0.372. The monoisotopic (exact) mass is 346 g/mol. The lowest BCUT2D eigenvalue weighted by Crippen LogP contribution is -2.22. The molecular formula is C17H12ClFN2O3. The predicted molar refractivity (Wildman–Crippen MR) is 85.9 cm³/mol. The van der Waals surface area contributed by atoms with Crippen molar-refractivity contribution in [1.29, 1.82) is 5.26 Å². The highest BCUT2D eigenvalue weighted by Gasteiger charge is 2.14. The predicted octanol–water partition coefficient (Wildman–Crippen LogP) is 3.08. The number of nitrogens with zero attached hydrogens (tertiary/aromatic N) is 1. The van der Waals surface area contributed by atoms with Crippen LogP contribution in [0, 0.1) is 17.1 Å². The van der Waals surface area contributed by atoms with E-state index >= 15 is 0 Å². The zero-order valence-corrected chi connectivity index (χ0v) is 13.1. The van der Waals surface area contributed by atoms with Gasteiger partial charge in [0.1, 0.15) is 5.82 Å². The Hall–Kier alpha value is -2.91. The molecule has 0 aliphatic rings. The van der Waals surface area contributed by atoms with Crippen LogP contribution in [0.1, 0.15) is 11.1 Å². The second-order valence-corrected chi connectivity index (χ2v) is 5.19. The van der Waals surface area contributed by atoms with Crippen LogP contribution >= 0.6 is 11.6 Å². The summed E-state index contributed by atoms with van der Waals surface area (Å²) in [5, 5.41) is 11.4. The van der Waals surface area contributed by atoms with Gasteiger partial charge in [-0.1, -0.05) is 23.7 Å². The Morgan fingerprint density at radius 2 is 2.00 bits per heavy atom. The van der Waals surface area contributed by atoms with E-state index in [1.807, 2.05) is 6.07 Å². The Kier molecular flexibility index (Phi) is 5.88. The molecule has 0 radical (unpaired) electrons. The van der Waals surface area contributed by atoms with Crippen molar-refractivity contribution in [2.75, 3.05) is 11.9 Å². The number of ether oxygens (including phenoxy) is 1. The van der Waals surface area contributed by atoms with Crippen molar-refractivity contribution in [3.8, 4) is 6.07 Å². The van der Waals surface area contributed by atoms with Gasteiger partial charge in [-0.05, 0) is 30.3 Å². The third-order valence-corrected chi connectivity index (χ3v) is 3.38. The summed E-state index contributed by atoms with van der Waals surface area (Å²) in [7, 11) is 0. The molecule has 0 spiro atoms. The highest BCUT2D eigenvalue weighted by Crippen LogP contribution is 2.19. The van der Waals surface area contributed by atoms with Gasteiger partial charge >= 0.3 is 5.97 Å². The van der Waals surface area contributed by atoms with Gasteiger partial charge in [0.05, 0.1) is 18.1 Å². The molecule has 2 rings (SSSR count). The molecule has 0 saturated heterocycles. The lowest BCUT2D eigenvalue weighted by Gasteiger charge is -2.08. The summed E-state index contributed by atoms with van der Waals surface area (Å²) in [6, 6.07) is 12.3. The largest absolute Gasteiger partial charge is 0.455 e. The smallest absolute Gasteiger partial charge is 0.310 e. The van der Waals surface area contributed by atoms with E-state index in [1.165, 1.54) is 24.3 Å². The molecule has 5 nitrogen and oxygen atoms in total. The van der Waals surface area contributed by atoms with E-state index in [9.17, 15) is 14.0 Å². The lowest BCUT2D eigenvalue weighted by atomic mass is 10.1. The van der Waals surface area contributed by atoms with Gasteiger partial charge in [-0.15, -0.1) is 0 Å². The normalized spacial score (nSPS) is 9.88. The molecule has 0 saturated carbocycles. The molecule has 1 amide bonds. The number of hydrogen-bond donors (Lipinski definition) is 1. The minimum Gasteiger partial charge on any atom is -0.455 e. The third-order valence-electron chi connectivity index (χ3n) is 3.02. The zero-order valence-electron chi connectivity index (χ0n) is 12.4. The highest BCUT2D eigenvalue weighted by atomic mass is 35.5. The number of nitrogens with one attached hydrogen (secondary N) is 1. The van der Waals surface area contributed by atoms with Crippen LogP contribution in [0.3, 0.4) is 0 Å². The minimum absolute atomic E-state index is 0.0197. The molecule has 24 heavy (non-hydrogen) atoms. The van der Waals surface area contributed by atoms with E-state index in [1.54, 1.807) is 18.2 Å². The fourth-order valence-electron chi connectivity index (χ4n) is 1.91. The summed E-state index contributed by atoms with van der Waals surface area (Å²) in [6.45, 7) is -0.526. The number of anilines is 1. The van der Waals surface area contributed by atoms with Crippen molar-refractivity contribution in [2.24, 2.45) is 0 Å². The average Bonchev–Trinajstić information content (AvgIpc) is 2.56. The number of amides is 1. The number of carbonyl (C=O) groups excluding carboxylic acids is 2. The van der Waals surface area contributed by atoms with E-state index in [2.05, 4.69) is 5.32 Å². The zero-order chi connectivity index (χ0) is 17.5. The standard InChI is InChI=1S/C17H12ClFN2O3/c18-14-5-2-6-15(19)13(14)8-17(23)24-10-16(22)21-12-4-1-3-11(7-12)9-20/h1-7H,8,10H2,(H,21,22). The number of halogens is 2. The maximum absolute atomic E-state index is 13.6. The van der Waals surface area contributed by atoms with Crippen LogP contribution in [0.5, 0.6) is 0 Å². The second-order valence-electron chi connectivity index (χ2n) is 4.78. The fourth-order valence-corrected chi connectivity index (χ4v) is 2.14. The van der Waals surface area contributed by atoms with Crippen LogP contribution in [0.25, 0.3) is 0 Å². The summed E-state index contributed by atoms with van der Waals surface area (Å²) in [5.74, 6) is -1.96. The number of benzene rings is 2. The molecule has 0 atom stereocenters. The molecule has 1 N–H and O–H groups in total. The Bertz CT molecular complexity index is 797. The van der Waals surface area contributed by atoms with Crippen LogP contribution < -0.4 is 5.32 Å². The summed E-state index contributed by atoms with van der Waals surface area (Å²) >= 11 is 5.82. The number of hydrogen-bond acceptors (Lipinski definition) is 4. The van der Waals surface area contributed by atoms with Crippen molar-refractivity contribution in [1.82, 2.24) is 0 Å². The first kappa shape index (κ1) is 17.4. The first-order valence-corrected chi connectivity index (χ1v) is 7.26. The SMILES string of the molecule is N#Cc1cccc(NC(=O)COC(=O)Cc2c(F)cccc2Cl)c1. The summed E-state index contributed by atoms with van der Waals surface area (Å²) in [5.41, 5.74) is 0.817. The molecule has 0 unspecified atom stereocenters. The molecule has 0 bridgehead atoms. The second kappa shape index (κ2) is 8.09. The maximum Gasteiger partial charge on any atom is 0.310 e. The number of nitriles is 1. The first-order chi connectivity index (χ1) is 11.5. The van der Waals surface area contributed by atoms with Crippen molar-refractivity contribution in [3.05, 3.63) is 64.4 Å². The van der Waals surface area contributed by atoms with Crippen LogP contribution in [0.4, 0.5) is 10.1 Å².